The van der Waals surface area contributed by atoms with Crippen molar-refractivity contribution in [3.63, 3.8) is 0 Å². The lowest BCUT2D eigenvalue weighted by atomic mass is 10.0. The molecule has 1 aromatic rings. The lowest BCUT2D eigenvalue weighted by molar-refractivity contribution is -0.132. The van der Waals surface area contributed by atoms with Crippen LogP contribution in [0.15, 0.2) is 18.2 Å². The predicted octanol–water partition coefficient (Wildman–Crippen LogP) is 2.43. The van der Waals surface area contributed by atoms with Crippen molar-refractivity contribution in [1.29, 1.82) is 0 Å². The first-order valence-electron chi connectivity index (χ1n) is 6.57. The second-order valence-electron chi connectivity index (χ2n) is 5.83. The Bertz CT molecular complexity index is 510. The highest BCUT2D eigenvalue weighted by Crippen LogP contribution is 2.43. The van der Waals surface area contributed by atoms with Gasteiger partial charge in [0.1, 0.15) is 5.60 Å². The van der Waals surface area contributed by atoms with Gasteiger partial charge in [-0.05, 0) is 33.3 Å². The van der Waals surface area contributed by atoms with Gasteiger partial charge < -0.3 is 15.2 Å². The summed E-state index contributed by atoms with van der Waals surface area (Å²) in [5.74, 6) is 0.851. The molecule has 0 saturated carbocycles. The number of carbonyl (C=O) groups is 1. The first kappa shape index (κ1) is 13.7. The van der Waals surface area contributed by atoms with E-state index in [-0.39, 0.29) is 5.60 Å². The molecule has 2 rings (SSSR count). The summed E-state index contributed by atoms with van der Waals surface area (Å²) in [6.07, 6.45) is 1.34. The van der Waals surface area contributed by atoms with Gasteiger partial charge in [-0.2, -0.15) is 0 Å². The number of nitrogens with two attached hydrogens (primary N) is 1. The van der Waals surface area contributed by atoms with Crippen LogP contribution in [0.1, 0.15) is 39.7 Å². The fourth-order valence-electron chi connectivity index (χ4n) is 2.21. The van der Waals surface area contributed by atoms with E-state index in [0.717, 1.165) is 17.7 Å². The number of hydrogen-bond acceptors (Lipinski definition) is 3. The summed E-state index contributed by atoms with van der Waals surface area (Å²) in [7, 11) is 0. The molecular weight excluding hydrogens is 242 g/mol. The first-order chi connectivity index (χ1) is 8.77. The van der Waals surface area contributed by atoms with Crippen molar-refractivity contribution in [3.05, 3.63) is 23.8 Å². The van der Waals surface area contributed by atoms with Crippen LogP contribution < -0.4 is 15.2 Å². The van der Waals surface area contributed by atoms with E-state index in [4.69, 9.17) is 15.2 Å². The predicted molar refractivity (Wildman–Crippen MR) is 73.4 cm³/mol. The van der Waals surface area contributed by atoms with Crippen LogP contribution in [-0.2, 0) is 11.2 Å². The first-order valence-corrected chi connectivity index (χ1v) is 6.57. The molecule has 0 bridgehead atoms. The molecule has 4 nitrogen and oxygen atoms in total. The van der Waals surface area contributed by atoms with Crippen LogP contribution in [0.3, 0.4) is 0 Å². The van der Waals surface area contributed by atoms with E-state index >= 15 is 0 Å². The molecule has 19 heavy (non-hydrogen) atoms. The smallest absolute Gasteiger partial charge is 0.261 e. The number of benzene rings is 1. The summed E-state index contributed by atoms with van der Waals surface area (Å²) in [4.78, 5) is 11.5. The normalized spacial score (nSPS) is 19.2. The van der Waals surface area contributed by atoms with Crippen LogP contribution in [0.2, 0.25) is 0 Å². The third-order valence-electron chi connectivity index (χ3n) is 3.59. The third-order valence-corrected chi connectivity index (χ3v) is 3.59. The molecule has 0 aromatic heterocycles. The zero-order valence-electron chi connectivity index (χ0n) is 11.9. The minimum Gasteiger partial charge on any atom is -0.483 e. The summed E-state index contributed by atoms with van der Waals surface area (Å²) in [5.41, 5.74) is 5.28. The van der Waals surface area contributed by atoms with Crippen molar-refractivity contribution in [2.45, 2.75) is 51.7 Å². The second-order valence-corrected chi connectivity index (χ2v) is 5.83. The molecule has 1 aromatic carbocycles. The maximum atomic E-state index is 11.5. The molecule has 1 aliphatic heterocycles. The zero-order chi connectivity index (χ0) is 14.3. The summed E-state index contributed by atoms with van der Waals surface area (Å²) < 4.78 is 11.8. The molecule has 1 unspecified atom stereocenters. The van der Waals surface area contributed by atoms with Gasteiger partial charge in [-0.15, -0.1) is 0 Å². The van der Waals surface area contributed by atoms with Crippen LogP contribution in [0, 0.1) is 0 Å². The van der Waals surface area contributed by atoms with E-state index in [0.29, 0.717) is 12.2 Å². The van der Waals surface area contributed by atoms with Crippen molar-refractivity contribution < 1.29 is 14.3 Å². The van der Waals surface area contributed by atoms with Gasteiger partial charge in [-0.1, -0.05) is 19.1 Å². The Kier molecular flexibility index (Phi) is 3.20. The monoisotopic (exact) mass is 263 g/mol. The zero-order valence-corrected chi connectivity index (χ0v) is 11.9. The lowest BCUT2D eigenvalue weighted by Crippen LogP contribution is -2.45. The molecule has 4 heteroatoms. The van der Waals surface area contributed by atoms with Gasteiger partial charge in [0.15, 0.2) is 17.1 Å². The van der Waals surface area contributed by atoms with Crippen LogP contribution in [0.5, 0.6) is 11.5 Å². The Morgan fingerprint density at radius 2 is 2.21 bits per heavy atom. The number of primary amides is 1. The number of carbonyl (C=O) groups excluding carboxylic acids is 1. The van der Waals surface area contributed by atoms with E-state index in [1.54, 1.807) is 6.92 Å². The Hall–Kier alpha value is -1.71. The highest BCUT2D eigenvalue weighted by Gasteiger charge is 2.36. The molecule has 0 spiro atoms. The van der Waals surface area contributed by atoms with Gasteiger partial charge in [0.05, 0.1) is 0 Å². The van der Waals surface area contributed by atoms with Crippen molar-refractivity contribution in [2.75, 3.05) is 0 Å². The van der Waals surface area contributed by atoms with Crippen LogP contribution >= 0.6 is 0 Å². The van der Waals surface area contributed by atoms with Crippen molar-refractivity contribution in [2.24, 2.45) is 5.73 Å². The summed E-state index contributed by atoms with van der Waals surface area (Å²) in [5, 5.41) is 0. The van der Waals surface area contributed by atoms with Gasteiger partial charge in [0.2, 0.25) is 0 Å². The maximum Gasteiger partial charge on any atom is 0.261 e. The summed E-state index contributed by atoms with van der Waals surface area (Å²) in [6.45, 7) is 7.64. The van der Waals surface area contributed by atoms with Gasteiger partial charge in [-0.25, -0.2) is 0 Å². The van der Waals surface area contributed by atoms with E-state index in [1.165, 1.54) is 0 Å². The van der Waals surface area contributed by atoms with E-state index in [9.17, 15) is 4.79 Å². The number of ether oxygens (including phenoxy) is 2. The Morgan fingerprint density at radius 1 is 1.53 bits per heavy atom. The van der Waals surface area contributed by atoms with E-state index in [2.05, 4.69) is 0 Å². The molecule has 0 radical (unpaired) electrons. The maximum absolute atomic E-state index is 11.5. The van der Waals surface area contributed by atoms with Gasteiger partial charge in [0, 0.05) is 12.0 Å². The summed E-state index contributed by atoms with van der Waals surface area (Å²) >= 11 is 0. The highest BCUT2D eigenvalue weighted by atomic mass is 16.5. The molecule has 0 fully saturated rings. The molecule has 1 aliphatic rings. The molecule has 0 saturated heterocycles. The van der Waals surface area contributed by atoms with Crippen LogP contribution in [-0.4, -0.2) is 17.1 Å². The van der Waals surface area contributed by atoms with E-state index < -0.39 is 11.5 Å². The van der Waals surface area contributed by atoms with Gasteiger partial charge in [0.25, 0.3) is 5.91 Å². The molecule has 2 N–H and O–H groups in total. The minimum atomic E-state index is -1.01. The van der Waals surface area contributed by atoms with Crippen LogP contribution in [0.4, 0.5) is 0 Å². The number of amides is 1. The van der Waals surface area contributed by atoms with Crippen molar-refractivity contribution in [1.82, 2.24) is 0 Å². The standard InChI is InChI=1S/C15H21NO3/c1-5-15(4,13(16)17)18-11-8-6-7-10-9-14(2,3)19-12(10)11/h6-8H,5,9H2,1-4H3,(H2,16,17). The van der Waals surface area contributed by atoms with Crippen LogP contribution in [0.25, 0.3) is 0 Å². The molecule has 1 amide bonds. The molecule has 1 heterocycles. The lowest BCUT2D eigenvalue weighted by Gasteiger charge is -2.27. The van der Waals surface area contributed by atoms with Gasteiger partial charge in [-0.3, -0.25) is 4.79 Å². The van der Waals surface area contributed by atoms with Crippen molar-refractivity contribution >= 4 is 5.91 Å². The molecule has 104 valence electrons. The fraction of sp³-hybridized carbons (Fsp3) is 0.533. The Morgan fingerprint density at radius 3 is 2.79 bits per heavy atom. The Labute approximate surface area is 113 Å². The third kappa shape index (κ3) is 2.53. The topological polar surface area (TPSA) is 61.6 Å². The SMILES string of the molecule is CCC(C)(Oc1cccc2c1OC(C)(C)C2)C(N)=O. The molecular formula is C15H21NO3. The second kappa shape index (κ2) is 4.44. The largest absolute Gasteiger partial charge is 0.483 e. The number of para-hydroxylation sites is 1. The molecule has 1 atom stereocenters. The molecule has 0 aliphatic carbocycles. The fourth-order valence-corrected chi connectivity index (χ4v) is 2.21. The quantitative estimate of drug-likeness (QED) is 0.907. The minimum absolute atomic E-state index is 0.239. The Balaban J connectivity index is 2.34. The number of fused-ring (bicyclic) bond motifs is 1. The number of hydrogen-bond donors (Lipinski definition) is 1. The highest BCUT2D eigenvalue weighted by molar-refractivity contribution is 5.83. The average Bonchev–Trinajstić information content (AvgIpc) is 2.64. The average molecular weight is 263 g/mol. The van der Waals surface area contributed by atoms with Gasteiger partial charge >= 0.3 is 0 Å². The van der Waals surface area contributed by atoms with Crippen molar-refractivity contribution in [3.8, 4) is 11.5 Å². The number of rotatable bonds is 4. The van der Waals surface area contributed by atoms with E-state index in [1.807, 2.05) is 39.0 Å². The summed E-state index contributed by atoms with van der Waals surface area (Å²) in [6, 6.07) is 5.75.